The van der Waals surface area contributed by atoms with Gasteiger partial charge in [-0.25, -0.2) is 13.9 Å². The number of nitrogen functional groups attached to an aromatic ring is 1. The summed E-state index contributed by atoms with van der Waals surface area (Å²) < 4.78 is 53.2. The van der Waals surface area contributed by atoms with E-state index >= 15 is 4.39 Å². The third-order valence-electron chi connectivity index (χ3n) is 6.45. The minimum Gasteiger partial charge on any atom is -0.462 e. The van der Waals surface area contributed by atoms with Gasteiger partial charge in [0.05, 0.1) is 12.4 Å². The first kappa shape index (κ1) is 28.2. The average molecular weight is 580 g/mol. The van der Waals surface area contributed by atoms with E-state index in [1.165, 1.54) is 30.0 Å². The predicted molar refractivity (Wildman–Crippen MR) is 141 cm³/mol. The first-order valence-electron chi connectivity index (χ1n) is 12.5. The van der Waals surface area contributed by atoms with Crippen molar-refractivity contribution in [3.63, 3.8) is 0 Å². The highest BCUT2D eigenvalue weighted by molar-refractivity contribution is 7.52. The van der Waals surface area contributed by atoms with E-state index in [2.05, 4.69) is 20.0 Å². The van der Waals surface area contributed by atoms with Crippen molar-refractivity contribution in [1.82, 2.24) is 24.6 Å². The molecule has 40 heavy (non-hydrogen) atoms. The number of ether oxygens (including phenoxy) is 2. The zero-order valence-electron chi connectivity index (χ0n) is 22.5. The largest absolute Gasteiger partial charge is 0.462 e. The molecule has 1 saturated carbocycles. The highest BCUT2D eigenvalue weighted by Gasteiger charge is 2.80. The monoisotopic (exact) mass is 579 g/mol. The van der Waals surface area contributed by atoms with Gasteiger partial charge < -0.3 is 29.7 Å². The number of rotatable bonds is 10. The number of alkyl halides is 1. The minimum absolute atomic E-state index is 0.0494. The third-order valence-corrected chi connectivity index (χ3v) is 8.11. The molecule has 0 bridgehead atoms. The van der Waals surface area contributed by atoms with Crippen LogP contribution in [0.3, 0.4) is 0 Å². The van der Waals surface area contributed by atoms with Crippen molar-refractivity contribution in [2.75, 3.05) is 24.7 Å². The summed E-state index contributed by atoms with van der Waals surface area (Å²) in [5.41, 5.74) is 4.26. The zero-order valence-corrected chi connectivity index (χ0v) is 23.4. The van der Waals surface area contributed by atoms with Crippen LogP contribution in [0.15, 0.2) is 36.7 Å². The molecule has 1 aromatic carbocycles. The number of nitrogens with two attached hydrogens (primary N) is 1. The van der Waals surface area contributed by atoms with Crippen LogP contribution in [0.4, 0.5) is 16.2 Å². The van der Waals surface area contributed by atoms with Crippen molar-refractivity contribution in [3.8, 4) is 5.75 Å². The standard InChI is InChI=1S/C24H31FN7O7P/c1-12(2)36-22(33)13(3)30-40(35,38-14-9-7-6-8-10-14)39-18-17-24(18,34)16(25)21(37-17)32-11-27-15-19(31(4)5)28-23(26)29-20(15)32/h6-13,16-18,21,34H,1-5H3,(H,30,35)(H2,26,28,29)/t13-,16-,17+,18?,21+,24-,40?/m0/s1. The summed E-state index contributed by atoms with van der Waals surface area (Å²) >= 11 is 0. The Balaban J connectivity index is 1.37. The molecule has 2 aliphatic rings. The lowest BCUT2D eigenvalue weighted by atomic mass is 10.2. The predicted octanol–water partition coefficient (Wildman–Crippen LogP) is 1.96. The number of imidazole rings is 1. The van der Waals surface area contributed by atoms with Crippen LogP contribution >= 0.6 is 7.75 Å². The van der Waals surface area contributed by atoms with Gasteiger partial charge in [-0.2, -0.15) is 15.1 Å². The number of fused-ring (bicyclic) bond motifs is 2. The number of halogens is 1. The van der Waals surface area contributed by atoms with Crippen molar-refractivity contribution in [2.45, 2.75) is 63.1 Å². The van der Waals surface area contributed by atoms with Gasteiger partial charge in [0.1, 0.15) is 24.0 Å². The van der Waals surface area contributed by atoms with E-state index in [1.807, 2.05) is 0 Å². The summed E-state index contributed by atoms with van der Waals surface area (Å²) in [6.45, 7) is 4.76. The number of esters is 1. The van der Waals surface area contributed by atoms with Gasteiger partial charge in [0.25, 0.3) is 0 Å². The maximum atomic E-state index is 15.8. The van der Waals surface area contributed by atoms with E-state index in [1.54, 1.807) is 51.0 Å². The topological polar surface area (TPSA) is 176 Å². The van der Waals surface area contributed by atoms with Crippen molar-refractivity contribution in [2.24, 2.45) is 0 Å². The molecule has 3 heterocycles. The molecule has 7 atom stereocenters. The molecule has 14 nitrogen and oxygen atoms in total. The molecular weight excluding hydrogens is 548 g/mol. The zero-order chi connectivity index (χ0) is 29.0. The number of benzene rings is 1. The van der Waals surface area contributed by atoms with Crippen LogP contribution in [0.2, 0.25) is 0 Å². The van der Waals surface area contributed by atoms with Gasteiger partial charge in [-0.15, -0.1) is 0 Å². The van der Waals surface area contributed by atoms with Crippen LogP contribution in [-0.4, -0.2) is 80.8 Å². The highest BCUT2D eigenvalue weighted by Crippen LogP contribution is 2.62. The number of hydrogen-bond donors (Lipinski definition) is 3. The molecule has 1 saturated heterocycles. The van der Waals surface area contributed by atoms with Crippen molar-refractivity contribution in [1.29, 1.82) is 0 Å². The lowest BCUT2D eigenvalue weighted by Crippen LogP contribution is -2.38. The molecule has 0 spiro atoms. The Morgan fingerprint density at radius 2 is 1.98 bits per heavy atom. The number of aliphatic hydroxyl groups is 1. The van der Waals surface area contributed by atoms with Crippen LogP contribution in [0.5, 0.6) is 5.75 Å². The van der Waals surface area contributed by atoms with Crippen LogP contribution in [0, 0.1) is 0 Å². The Bertz CT molecular complexity index is 1460. The fourth-order valence-electron chi connectivity index (χ4n) is 4.51. The van der Waals surface area contributed by atoms with E-state index in [-0.39, 0.29) is 17.3 Å². The second-order valence-corrected chi connectivity index (χ2v) is 11.8. The van der Waals surface area contributed by atoms with Crippen LogP contribution in [-0.2, 0) is 23.4 Å². The lowest BCUT2D eigenvalue weighted by molar-refractivity contribution is -0.149. The SMILES string of the molecule is CC(C)OC(=O)[C@H](C)NP(=O)(Oc1ccccc1)OC1[C@H]2O[C@@H](n3cnc4c(N(C)C)nc(N)nc43)[C@H](F)[C@@]12O. The first-order valence-corrected chi connectivity index (χ1v) is 14.1. The van der Waals surface area contributed by atoms with Crippen LogP contribution in [0.25, 0.3) is 11.2 Å². The van der Waals surface area contributed by atoms with E-state index in [9.17, 15) is 14.5 Å². The average Bonchev–Trinajstić information content (AvgIpc) is 3.13. The van der Waals surface area contributed by atoms with E-state index in [0.29, 0.717) is 11.3 Å². The smallest absolute Gasteiger partial charge is 0.459 e. The number of nitrogens with zero attached hydrogens (tertiary/aromatic N) is 5. The normalized spacial score (nSPS) is 27.7. The number of hydrogen-bond acceptors (Lipinski definition) is 12. The minimum atomic E-state index is -4.37. The fraction of sp³-hybridized carbons (Fsp3) is 0.500. The van der Waals surface area contributed by atoms with Crippen LogP contribution in [0.1, 0.15) is 27.0 Å². The summed E-state index contributed by atoms with van der Waals surface area (Å²) in [6.07, 6.45) is -5.04. The summed E-state index contributed by atoms with van der Waals surface area (Å²) in [7, 11) is -0.879. The molecule has 16 heteroatoms. The molecule has 0 amide bonds. The molecule has 1 aliphatic carbocycles. The second kappa shape index (κ2) is 10.2. The number of aromatic nitrogens is 4. The molecule has 3 aromatic rings. The molecule has 2 aromatic heterocycles. The fourth-order valence-corrected chi connectivity index (χ4v) is 6.22. The van der Waals surface area contributed by atoms with E-state index in [4.69, 9.17) is 24.3 Å². The first-order chi connectivity index (χ1) is 18.8. The Morgan fingerprint density at radius 3 is 2.58 bits per heavy atom. The van der Waals surface area contributed by atoms with E-state index < -0.39 is 56.1 Å². The number of nitrogens with one attached hydrogen (secondary N) is 1. The maximum absolute atomic E-state index is 15.8. The van der Waals surface area contributed by atoms with Crippen LogP contribution < -0.4 is 20.2 Å². The van der Waals surface area contributed by atoms with E-state index in [0.717, 1.165) is 0 Å². The Kier molecular flexibility index (Phi) is 7.21. The lowest BCUT2D eigenvalue weighted by Gasteiger charge is -2.26. The van der Waals surface area contributed by atoms with Gasteiger partial charge in [0.2, 0.25) is 5.95 Å². The van der Waals surface area contributed by atoms with Gasteiger partial charge in [-0.1, -0.05) is 18.2 Å². The number of anilines is 2. The van der Waals surface area contributed by atoms with Crippen molar-refractivity contribution < 1.29 is 37.4 Å². The van der Waals surface area contributed by atoms with Gasteiger partial charge in [-0.05, 0) is 32.9 Å². The highest BCUT2D eigenvalue weighted by atomic mass is 31.2. The number of carbonyl (C=O) groups is 1. The molecule has 5 rings (SSSR count). The molecule has 4 N–H and O–H groups in total. The number of carbonyl (C=O) groups excluding carboxylic acids is 1. The molecule has 0 radical (unpaired) electrons. The quantitative estimate of drug-likeness (QED) is 0.235. The Morgan fingerprint density at radius 1 is 1.27 bits per heavy atom. The Labute approximate surface area is 229 Å². The third kappa shape index (κ3) is 4.99. The summed E-state index contributed by atoms with van der Waals surface area (Å²) in [5.74, 6) is -0.160. The second-order valence-electron chi connectivity index (χ2n) is 10.1. The van der Waals surface area contributed by atoms with Gasteiger partial charge in [-0.3, -0.25) is 13.9 Å². The van der Waals surface area contributed by atoms with Crippen molar-refractivity contribution in [3.05, 3.63) is 36.7 Å². The van der Waals surface area contributed by atoms with Gasteiger partial charge >= 0.3 is 13.7 Å². The molecule has 216 valence electrons. The molecular formula is C24H31FN7O7P. The molecule has 2 fully saturated rings. The summed E-state index contributed by atoms with van der Waals surface area (Å²) in [6, 6.07) is 6.96. The Hall–Kier alpha value is -3.36. The van der Waals surface area contributed by atoms with Gasteiger partial charge in [0, 0.05) is 14.1 Å². The number of para-hydroxylation sites is 1. The summed E-state index contributed by atoms with van der Waals surface area (Å²) in [4.78, 5) is 26.7. The summed E-state index contributed by atoms with van der Waals surface area (Å²) in [5, 5.41) is 13.7. The maximum Gasteiger partial charge on any atom is 0.459 e. The molecule has 2 unspecified atom stereocenters. The molecule has 1 aliphatic heterocycles. The van der Waals surface area contributed by atoms with Gasteiger partial charge in [0.15, 0.2) is 35.0 Å². The van der Waals surface area contributed by atoms with Crippen molar-refractivity contribution >= 4 is 36.6 Å².